The monoisotopic (exact) mass is 295 g/mol. The summed E-state index contributed by atoms with van der Waals surface area (Å²) in [6.45, 7) is 0. The first-order chi connectivity index (χ1) is 10.8. The molecular formula is C15H13N5O2. The number of benzene rings is 1. The number of aromatic nitrogens is 4. The van der Waals surface area contributed by atoms with Gasteiger partial charge in [0.1, 0.15) is 11.4 Å². The van der Waals surface area contributed by atoms with Crippen LogP contribution >= 0.6 is 0 Å². The number of nitrogens with zero attached hydrogens (tertiary/aromatic N) is 3. The Morgan fingerprint density at radius 3 is 2.77 bits per heavy atom. The van der Waals surface area contributed by atoms with Crippen molar-refractivity contribution in [3.05, 3.63) is 54.5 Å². The minimum Gasteiger partial charge on any atom is -0.497 e. The molecule has 2 N–H and O–H groups in total. The van der Waals surface area contributed by atoms with Gasteiger partial charge in [-0.05, 0) is 24.3 Å². The number of ether oxygens (including phenoxy) is 1. The Morgan fingerprint density at radius 1 is 1.18 bits per heavy atom. The van der Waals surface area contributed by atoms with E-state index in [9.17, 15) is 4.79 Å². The van der Waals surface area contributed by atoms with E-state index in [1.165, 1.54) is 0 Å². The third kappa shape index (κ3) is 2.78. The molecule has 0 aliphatic rings. The molecule has 3 rings (SSSR count). The van der Waals surface area contributed by atoms with Crippen LogP contribution in [0.3, 0.4) is 0 Å². The summed E-state index contributed by atoms with van der Waals surface area (Å²) < 4.78 is 5.18. The minimum absolute atomic E-state index is 0.213. The van der Waals surface area contributed by atoms with E-state index in [4.69, 9.17) is 4.74 Å². The Bertz CT molecular complexity index is 785. The van der Waals surface area contributed by atoms with E-state index >= 15 is 0 Å². The van der Waals surface area contributed by atoms with E-state index in [0.29, 0.717) is 17.1 Å². The first-order valence-corrected chi connectivity index (χ1v) is 6.54. The minimum atomic E-state index is -0.349. The van der Waals surface area contributed by atoms with Gasteiger partial charge in [0, 0.05) is 23.6 Å². The number of anilines is 1. The highest BCUT2D eigenvalue weighted by Crippen LogP contribution is 2.24. The number of H-pyrrole nitrogens is 1. The molecule has 0 aliphatic carbocycles. The standard InChI is InChI=1S/C15H13N5O2/c1-22-12-4-2-3-10(9-12)13-14(19-20-18-13)15(21)17-11-5-7-16-8-6-11/h2-9H,1H3,(H,16,17,21)(H,18,19,20). The maximum atomic E-state index is 12.3. The third-order valence-electron chi connectivity index (χ3n) is 3.04. The molecule has 0 radical (unpaired) electrons. The van der Waals surface area contributed by atoms with Gasteiger partial charge in [0.15, 0.2) is 5.69 Å². The Hall–Kier alpha value is -3.22. The molecular weight excluding hydrogens is 282 g/mol. The summed E-state index contributed by atoms with van der Waals surface area (Å²) in [6.07, 6.45) is 3.20. The fourth-order valence-electron chi connectivity index (χ4n) is 1.99. The Morgan fingerprint density at radius 2 is 2.00 bits per heavy atom. The molecule has 1 amide bonds. The maximum absolute atomic E-state index is 12.3. The molecule has 7 heteroatoms. The Labute approximate surface area is 126 Å². The molecule has 7 nitrogen and oxygen atoms in total. The molecule has 0 saturated heterocycles. The normalized spacial score (nSPS) is 10.2. The van der Waals surface area contributed by atoms with Gasteiger partial charge in [-0.15, -0.1) is 0 Å². The number of hydrogen-bond donors (Lipinski definition) is 2. The van der Waals surface area contributed by atoms with Crippen LogP contribution in [0, 0.1) is 0 Å². The second kappa shape index (κ2) is 6.04. The van der Waals surface area contributed by atoms with Gasteiger partial charge in [0.25, 0.3) is 5.91 Å². The van der Waals surface area contributed by atoms with Crippen LogP contribution in [0.5, 0.6) is 5.75 Å². The van der Waals surface area contributed by atoms with Crippen LogP contribution in [0.15, 0.2) is 48.8 Å². The highest BCUT2D eigenvalue weighted by atomic mass is 16.5. The molecule has 22 heavy (non-hydrogen) atoms. The SMILES string of the molecule is COc1cccc(-c2n[nH]nc2C(=O)Nc2ccncc2)c1. The van der Waals surface area contributed by atoms with Crippen molar-refractivity contribution >= 4 is 11.6 Å². The zero-order valence-corrected chi connectivity index (χ0v) is 11.8. The van der Waals surface area contributed by atoms with Crippen molar-refractivity contribution in [3.63, 3.8) is 0 Å². The van der Waals surface area contributed by atoms with Crippen LogP contribution in [-0.2, 0) is 0 Å². The molecule has 2 aromatic heterocycles. The number of aromatic amines is 1. The second-order valence-corrected chi connectivity index (χ2v) is 4.44. The number of carbonyl (C=O) groups excluding carboxylic acids is 1. The van der Waals surface area contributed by atoms with Crippen LogP contribution in [0.1, 0.15) is 10.5 Å². The molecule has 0 saturated carbocycles. The largest absolute Gasteiger partial charge is 0.497 e. The molecule has 0 unspecified atom stereocenters. The van der Waals surface area contributed by atoms with E-state index in [2.05, 4.69) is 25.7 Å². The lowest BCUT2D eigenvalue weighted by Gasteiger charge is -2.05. The first-order valence-electron chi connectivity index (χ1n) is 6.54. The molecule has 0 bridgehead atoms. The maximum Gasteiger partial charge on any atom is 0.278 e. The van der Waals surface area contributed by atoms with E-state index in [1.54, 1.807) is 37.7 Å². The fourth-order valence-corrected chi connectivity index (χ4v) is 1.99. The van der Waals surface area contributed by atoms with Gasteiger partial charge < -0.3 is 10.1 Å². The van der Waals surface area contributed by atoms with Gasteiger partial charge in [-0.3, -0.25) is 9.78 Å². The summed E-state index contributed by atoms with van der Waals surface area (Å²) in [5.41, 5.74) is 2.06. The fraction of sp³-hybridized carbons (Fsp3) is 0.0667. The highest BCUT2D eigenvalue weighted by Gasteiger charge is 2.18. The van der Waals surface area contributed by atoms with Gasteiger partial charge in [-0.1, -0.05) is 12.1 Å². The average molecular weight is 295 g/mol. The van der Waals surface area contributed by atoms with Crippen molar-refractivity contribution in [1.29, 1.82) is 0 Å². The zero-order chi connectivity index (χ0) is 15.4. The van der Waals surface area contributed by atoms with Crippen LogP contribution in [0.4, 0.5) is 5.69 Å². The smallest absolute Gasteiger partial charge is 0.278 e. The Kier molecular flexibility index (Phi) is 3.78. The number of amides is 1. The third-order valence-corrected chi connectivity index (χ3v) is 3.04. The predicted molar refractivity (Wildman–Crippen MR) is 80.6 cm³/mol. The van der Waals surface area contributed by atoms with Crippen molar-refractivity contribution in [3.8, 4) is 17.0 Å². The van der Waals surface area contributed by atoms with Crippen LogP contribution in [0.25, 0.3) is 11.3 Å². The van der Waals surface area contributed by atoms with Gasteiger partial charge in [0.2, 0.25) is 0 Å². The summed E-state index contributed by atoms with van der Waals surface area (Å²) in [7, 11) is 1.58. The molecule has 0 fully saturated rings. The lowest BCUT2D eigenvalue weighted by Crippen LogP contribution is -2.13. The molecule has 110 valence electrons. The van der Waals surface area contributed by atoms with Crippen LogP contribution in [-0.4, -0.2) is 33.4 Å². The van der Waals surface area contributed by atoms with Gasteiger partial charge in [-0.25, -0.2) is 0 Å². The molecule has 3 aromatic rings. The van der Waals surface area contributed by atoms with Crippen LogP contribution in [0.2, 0.25) is 0 Å². The number of carbonyl (C=O) groups is 1. The Balaban J connectivity index is 1.90. The van der Waals surface area contributed by atoms with Crippen LogP contribution < -0.4 is 10.1 Å². The predicted octanol–water partition coefficient (Wildman–Crippen LogP) is 2.13. The second-order valence-electron chi connectivity index (χ2n) is 4.44. The van der Waals surface area contributed by atoms with E-state index in [1.807, 2.05) is 18.2 Å². The summed E-state index contributed by atoms with van der Waals surface area (Å²) >= 11 is 0. The van der Waals surface area contributed by atoms with Crippen molar-refractivity contribution in [1.82, 2.24) is 20.4 Å². The van der Waals surface area contributed by atoms with Crippen molar-refractivity contribution in [2.45, 2.75) is 0 Å². The van der Waals surface area contributed by atoms with Crippen molar-refractivity contribution < 1.29 is 9.53 Å². The lowest BCUT2D eigenvalue weighted by atomic mass is 10.1. The molecule has 2 heterocycles. The van der Waals surface area contributed by atoms with E-state index in [0.717, 1.165) is 5.56 Å². The quantitative estimate of drug-likeness (QED) is 0.769. The highest BCUT2D eigenvalue weighted by molar-refractivity contribution is 6.06. The summed E-state index contributed by atoms with van der Waals surface area (Å²) in [5, 5.41) is 13.2. The van der Waals surface area contributed by atoms with Gasteiger partial charge in [0.05, 0.1) is 7.11 Å². The molecule has 0 atom stereocenters. The van der Waals surface area contributed by atoms with E-state index < -0.39 is 0 Å². The molecule has 0 aliphatic heterocycles. The zero-order valence-electron chi connectivity index (χ0n) is 11.8. The van der Waals surface area contributed by atoms with Gasteiger partial charge in [-0.2, -0.15) is 15.4 Å². The van der Waals surface area contributed by atoms with Crippen molar-refractivity contribution in [2.24, 2.45) is 0 Å². The topological polar surface area (TPSA) is 92.8 Å². The molecule has 1 aromatic carbocycles. The number of pyridine rings is 1. The number of hydrogen-bond acceptors (Lipinski definition) is 5. The number of methoxy groups -OCH3 is 1. The van der Waals surface area contributed by atoms with Crippen molar-refractivity contribution in [2.75, 3.05) is 12.4 Å². The van der Waals surface area contributed by atoms with E-state index in [-0.39, 0.29) is 11.6 Å². The summed E-state index contributed by atoms with van der Waals surface area (Å²) in [5.74, 6) is 0.332. The number of nitrogens with one attached hydrogen (secondary N) is 2. The summed E-state index contributed by atoms with van der Waals surface area (Å²) in [6, 6.07) is 10.7. The lowest BCUT2D eigenvalue weighted by molar-refractivity contribution is 0.102. The molecule has 0 spiro atoms. The van der Waals surface area contributed by atoms with Gasteiger partial charge >= 0.3 is 0 Å². The first kappa shape index (κ1) is 13.7. The summed E-state index contributed by atoms with van der Waals surface area (Å²) in [4.78, 5) is 16.2. The number of rotatable bonds is 4. The average Bonchev–Trinajstić information content (AvgIpc) is 3.05.